The van der Waals surface area contributed by atoms with E-state index in [1.807, 2.05) is 13.8 Å². The second kappa shape index (κ2) is 8.09. The average Bonchev–Trinajstić information content (AvgIpc) is 3.00. The molecule has 0 spiro atoms. The van der Waals surface area contributed by atoms with Gasteiger partial charge in [0, 0.05) is 11.3 Å². The van der Waals surface area contributed by atoms with Crippen LogP contribution in [-0.2, 0) is 4.79 Å². The highest BCUT2D eigenvalue weighted by atomic mass is 16.3. The number of allylic oxidation sites excluding steroid dienone is 1. The van der Waals surface area contributed by atoms with Crippen LogP contribution in [0.25, 0.3) is 0 Å². The van der Waals surface area contributed by atoms with Gasteiger partial charge in [-0.1, -0.05) is 13.8 Å². The highest BCUT2D eigenvalue weighted by Gasteiger charge is 2.68. The lowest BCUT2D eigenvalue weighted by Gasteiger charge is -2.60. The maximum absolute atomic E-state index is 13.2. The van der Waals surface area contributed by atoms with E-state index in [0.717, 1.165) is 12.0 Å². The van der Waals surface area contributed by atoms with E-state index in [-0.39, 0.29) is 36.4 Å². The number of carbonyl (C=O) groups is 1. The number of aliphatic hydroxyl groups excluding tert-OH is 3. The van der Waals surface area contributed by atoms with Gasteiger partial charge >= 0.3 is 0 Å². The lowest BCUT2D eigenvalue weighted by atomic mass is 9.45. The van der Waals surface area contributed by atoms with Crippen LogP contribution in [0.15, 0.2) is 11.6 Å². The van der Waals surface area contributed by atoms with Gasteiger partial charge in [0.25, 0.3) is 0 Å². The molecule has 6 N–H and O–H groups in total. The zero-order valence-corrected chi connectivity index (χ0v) is 21.3. The fourth-order valence-electron chi connectivity index (χ4n) is 8.32. The van der Waals surface area contributed by atoms with Gasteiger partial charge in [-0.15, -0.1) is 0 Å². The van der Waals surface area contributed by atoms with Gasteiger partial charge in [-0.2, -0.15) is 0 Å². The maximum Gasteiger partial charge on any atom is 0.159 e. The van der Waals surface area contributed by atoms with Crippen molar-refractivity contribution in [1.29, 1.82) is 0 Å². The third-order valence-corrected chi connectivity index (χ3v) is 10.6. The Morgan fingerprint density at radius 3 is 2.32 bits per heavy atom. The summed E-state index contributed by atoms with van der Waals surface area (Å²) in [7, 11) is 0. The second-order valence-corrected chi connectivity index (χ2v) is 13.2. The minimum Gasteiger partial charge on any atom is -0.390 e. The monoisotopic (exact) mass is 480 g/mol. The lowest BCUT2D eigenvalue weighted by molar-refractivity contribution is -0.161. The van der Waals surface area contributed by atoms with E-state index in [1.165, 1.54) is 0 Å². The van der Waals surface area contributed by atoms with Crippen molar-refractivity contribution in [2.45, 2.75) is 121 Å². The smallest absolute Gasteiger partial charge is 0.159 e. The summed E-state index contributed by atoms with van der Waals surface area (Å²) in [6.45, 7) is 8.89. The van der Waals surface area contributed by atoms with Gasteiger partial charge in [0.1, 0.15) is 0 Å². The largest absolute Gasteiger partial charge is 0.390 e. The van der Waals surface area contributed by atoms with Gasteiger partial charge in [-0.25, -0.2) is 0 Å². The van der Waals surface area contributed by atoms with Gasteiger partial charge in [0.05, 0.1) is 35.1 Å². The Morgan fingerprint density at radius 2 is 1.71 bits per heavy atom. The maximum atomic E-state index is 13.2. The summed E-state index contributed by atoms with van der Waals surface area (Å²) < 4.78 is 0. The number of rotatable bonds is 5. The first-order chi connectivity index (χ1) is 15.5. The minimum absolute atomic E-state index is 0.0591. The summed E-state index contributed by atoms with van der Waals surface area (Å²) in [4.78, 5) is 13.2. The molecule has 194 valence electrons. The molecule has 3 saturated carbocycles. The summed E-state index contributed by atoms with van der Waals surface area (Å²) in [6.07, 6.45) is 2.43. The molecule has 0 amide bonds. The molecule has 0 bridgehead atoms. The van der Waals surface area contributed by atoms with Crippen LogP contribution in [0.3, 0.4) is 0 Å². The van der Waals surface area contributed by atoms with Crippen LogP contribution < -0.4 is 0 Å². The molecule has 4 rings (SSSR count). The topological polar surface area (TPSA) is 138 Å². The third kappa shape index (κ3) is 3.73. The quantitative estimate of drug-likeness (QED) is 0.353. The Kier molecular flexibility index (Phi) is 6.24. The number of carbonyl (C=O) groups excluding carboxylic acids is 1. The zero-order valence-electron chi connectivity index (χ0n) is 21.3. The van der Waals surface area contributed by atoms with Crippen molar-refractivity contribution in [1.82, 2.24) is 0 Å². The minimum atomic E-state index is -1.26. The molecule has 4 aliphatic carbocycles. The van der Waals surface area contributed by atoms with Gasteiger partial charge in [0.15, 0.2) is 5.78 Å². The third-order valence-electron chi connectivity index (χ3n) is 10.6. The molecule has 0 radical (unpaired) electrons. The van der Waals surface area contributed by atoms with Gasteiger partial charge in [-0.05, 0) is 101 Å². The van der Waals surface area contributed by atoms with Crippen molar-refractivity contribution < 1.29 is 35.4 Å². The number of aliphatic hydroxyl groups is 6. The Bertz CT molecular complexity index is 860. The van der Waals surface area contributed by atoms with Gasteiger partial charge in [-0.3, -0.25) is 4.79 Å². The van der Waals surface area contributed by atoms with Gasteiger partial charge in [0.2, 0.25) is 0 Å². The van der Waals surface area contributed by atoms with Crippen LogP contribution in [0, 0.1) is 28.6 Å². The molecule has 7 nitrogen and oxygen atoms in total. The van der Waals surface area contributed by atoms with Crippen LogP contribution in [0.5, 0.6) is 0 Å². The highest BCUT2D eigenvalue weighted by Crippen LogP contribution is 2.68. The average molecular weight is 481 g/mol. The first-order valence-corrected chi connectivity index (χ1v) is 12.9. The number of fused-ring (bicyclic) bond motifs is 5. The molecule has 10 atom stereocenters. The van der Waals surface area contributed by atoms with Crippen molar-refractivity contribution in [3.63, 3.8) is 0 Å². The van der Waals surface area contributed by atoms with Crippen LogP contribution >= 0.6 is 0 Å². The van der Waals surface area contributed by atoms with Crippen LogP contribution in [0.1, 0.15) is 86.0 Å². The molecule has 0 aromatic heterocycles. The predicted molar refractivity (Wildman–Crippen MR) is 127 cm³/mol. The van der Waals surface area contributed by atoms with Gasteiger partial charge < -0.3 is 30.6 Å². The van der Waals surface area contributed by atoms with Crippen molar-refractivity contribution in [2.24, 2.45) is 28.6 Å². The molecule has 4 aliphatic rings. The number of hydrogen-bond acceptors (Lipinski definition) is 7. The van der Waals surface area contributed by atoms with Crippen molar-refractivity contribution in [2.75, 3.05) is 0 Å². The first-order valence-electron chi connectivity index (χ1n) is 12.9. The lowest BCUT2D eigenvalue weighted by Crippen LogP contribution is -2.61. The molecule has 1 unspecified atom stereocenters. The molecule has 0 heterocycles. The molecular weight excluding hydrogens is 436 g/mol. The fourth-order valence-corrected chi connectivity index (χ4v) is 8.32. The van der Waals surface area contributed by atoms with Crippen molar-refractivity contribution in [3.05, 3.63) is 11.6 Å². The number of hydrogen-bond donors (Lipinski definition) is 6. The Labute approximate surface area is 202 Å². The molecule has 34 heavy (non-hydrogen) atoms. The Morgan fingerprint density at radius 1 is 1.06 bits per heavy atom. The molecule has 0 saturated heterocycles. The molecule has 7 heteroatoms. The van der Waals surface area contributed by atoms with E-state index >= 15 is 0 Å². The molecule has 0 aliphatic heterocycles. The summed E-state index contributed by atoms with van der Waals surface area (Å²) in [6, 6.07) is 0. The fraction of sp³-hybridized carbons (Fsp3) is 0.889. The normalized spacial score (nSPS) is 47.2. The van der Waals surface area contributed by atoms with Crippen LogP contribution in [0.4, 0.5) is 0 Å². The van der Waals surface area contributed by atoms with E-state index in [2.05, 4.69) is 0 Å². The summed E-state index contributed by atoms with van der Waals surface area (Å²) in [5, 5.41) is 64.8. The Hall–Kier alpha value is -0.830. The van der Waals surface area contributed by atoms with E-state index < -0.39 is 45.9 Å². The summed E-state index contributed by atoms with van der Waals surface area (Å²) in [5.74, 6) is -0.742. The highest BCUT2D eigenvalue weighted by molar-refractivity contribution is 5.95. The molecule has 3 fully saturated rings. The second-order valence-electron chi connectivity index (χ2n) is 13.2. The zero-order chi connectivity index (χ0) is 25.5. The van der Waals surface area contributed by atoms with Crippen molar-refractivity contribution >= 4 is 5.78 Å². The molecule has 0 aromatic carbocycles. The molecule has 0 aromatic rings. The number of ketones is 1. The predicted octanol–water partition coefficient (Wildman–Crippen LogP) is 1.85. The van der Waals surface area contributed by atoms with E-state index in [4.69, 9.17) is 0 Å². The van der Waals surface area contributed by atoms with Crippen LogP contribution in [-0.4, -0.2) is 71.5 Å². The Balaban J connectivity index is 1.64. The van der Waals surface area contributed by atoms with Crippen molar-refractivity contribution in [3.8, 4) is 0 Å². The first kappa shape index (κ1) is 26.2. The van der Waals surface area contributed by atoms with Crippen LogP contribution in [0.2, 0.25) is 0 Å². The molecular formula is C27H44O7. The standard InChI is InChI=1S/C27H44O7/c1-23(2,32)22(31)8-10-26(5,33)21-7-11-27(34)16-12-18(28)17-13-19(29)20(30)14-24(17,3)15(16)6-9-25(21,27)4/h12,15,17,19-22,29-34H,6-11,13-14H2,1-5H3/t15-,17-,19+,20-,21-,22?,24+,25+,26+,27+/m0/s1. The summed E-state index contributed by atoms with van der Waals surface area (Å²) in [5.41, 5.74) is -4.07. The van der Waals surface area contributed by atoms with E-state index in [1.54, 1.807) is 26.8 Å². The van der Waals surface area contributed by atoms with E-state index in [9.17, 15) is 35.4 Å². The SMILES string of the molecule is CC(C)(O)C(O)CC[C@@](C)(O)[C@H]1CC[C@@]2(O)C3=CC(=O)[C@@H]4C[C@@H](O)[C@@H](O)C[C@]4(C)[C@H]3CC[C@]12C. The summed E-state index contributed by atoms with van der Waals surface area (Å²) >= 11 is 0. The van der Waals surface area contributed by atoms with E-state index in [0.29, 0.717) is 32.1 Å².